The first-order valence-corrected chi connectivity index (χ1v) is 7.51. The third-order valence-corrected chi connectivity index (χ3v) is 4.66. The van der Waals surface area contributed by atoms with Crippen LogP contribution >= 0.6 is 11.6 Å². The normalized spacial score (nSPS) is 19.8. The fourth-order valence-electron chi connectivity index (χ4n) is 2.86. The highest BCUT2D eigenvalue weighted by molar-refractivity contribution is 6.30. The number of piperidine rings is 1. The molecule has 0 aliphatic carbocycles. The molecule has 0 radical (unpaired) electrons. The van der Waals surface area contributed by atoms with Crippen molar-refractivity contribution in [2.45, 2.75) is 45.8 Å². The number of halogens is 1. The maximum absolute atomic E-state index is 9.63. The minimum atomic E-state index is -0.185. The molecule has 1 fully saturated rings. The van der Waals surface area contributed by atoms with E-state index in [9.17, 15) is 5.11 Å². The maximum atomic E-state index is 9.63. The van der Waals surface area contributed by atoms with E-state index in [2.05, 4.69) is 16.9 Å². The summed E-state index contributed by atoms with van der Waals surface area (Å²) >= 11 is 6.32. The van der Waals surface area contributed by atoms with Crippen molar-refractivity contribution in [2.24, 2.45) is 13.0 Å². The molecule has 5 heteroatoms. The van der Waals surface area contributed by atoms with Crippen molar-refractivity contribution in [3.8, 4) is 0 Å². The second-order valence-corrected chi connectivity index (χ2v) is 5.91. The minimum Gasteiger partial charge on any atom is -0.393 e. The Morgan fingerprint density at radius 1 is 1.42 bits per heavy atom. The van der Waals surface area contributed by atoms with E-state index in [0.29, 0.717) is 5.92 Å². The third-order valence-electron chi connectivity index (χ3n) is 4.18. The zero-order valence-corrected chi connectivity index (χ0v) is 12.8. The molecule has 1 aromatic rings. The second kappa shape index (κ2) is 6.25. The molecule has 1 saturated heterocycles. The summed E-state index contributed by atoms with van der Waals surface area (Å²) in [6, 6.07) is 0. The summed E-state index contributed by atoms with van der Waals surface area (Å²) in [5, 5.41) is 14.8. The molecule has 1 aromatic heterocycles. The van der Waals surface area contributed by atoms with Gasteiger partial charge in [0.25, 0.3) is 0 Å². The van der Waals surface area contributed by atoms with Crippen molar-refractivity contribution >= 4 is 11.6 Å². The van der Waals surface area contributed by atoms with Gasteiger partial charge in [0.15, 0.2) is 0 Å². The largest absolute Gasteiger partial charge is 0.393 e. The molecule has 0 saturated carbocycles. The molecule has 0 aromatic carbocycles. The number of likely N-dealkylation sites (tertiary alicyclic amines) is 1. The highest BCUT2D eigenvalue weighted by Crippen LogP contribution is 2.26. The molecule has 0 amide bonds. The van der Waals surface area contributed by atoms with Gasteiger partial charge in [-0.2, -0.15) is 5.10 Å². The minimum absolute atomic E-state index is 0.185. The lowest BCUT2D eigenvalue weighted by Crippen LogP contribution is -2.36. The Balaban J connectivity index is 1.99. The summed E-state index contributed by atoms with van der Waals surface area (Å²) < 4.78 is 1.76. The van der Waals surface area contributed by atoms with E-state index in [-0.39, 0.29) is 6.10 Å². The Morgan fingerprint density at radius 3 is 2.58 bits per heavy atom. The predicted molar refractivity (Wildman–Crippen MR) is 77.3 cm³/mol. The van der Waals surface area contributed by atoms with Crippen LogP contribution in [-0.4, -0.2) is 39.0 Å². The van der Waals surface area contributed by atoms with Crippen LogP contribution in [0.5, 0.6) is 0 Å². The molecular formula is C14H24ClN3O. The van der Waals surface area contributed by atoms with Crippen molar-refractivity contribution in [2.75, 3.05) is 13.1 Å². The zero-order chi connectivity index (χ0) is 14.0. The van der Waals surface area contributed by atoms with E-state index in [4.69, 9.17) is 11.6 Å². The Kier molecular flexibility index (Phi) is 4.87. The van der Waals surface area contributed by atoms with Crippen LogP contribution in [0.25, 0.3) is 0 Å². The highest BCUT2D eigenvalue weighted by atomic mass is 35.5. The maximum Gasteiger partial charge on any atom is 0.131 e. The van der Waals surface area contributed by atoms with E-state index in [1.165, 1.54) is 5.56 Å². The van der Waals surface area contributed by atoms with Gasteiger partial charge in [-0.1, -0.05) is 18.5 Å². The number of aliphatic hydroxyl groups excluding tert-OH is 1. The van der Waals surface area contributed by atoms with Crippen molar-refractivity contribution < 1.29 is 5.11 Å². The Morgan fingerprint density at radius 2 is 2.05 bits per heavy atom. The number of aliphatic hydroxyl groups is 1. The molecule has 0 spiro atoms. The van der Waals surface area contributed by atoms with Crippen molar-refractivity contribution in [3.05, 3.63) is 16.4 Å². The zero-order valence-electron chi connectivity index (χ0n) is 12.1. The van der Waals surface area contributed by atoms with Gasteiger partial charge in [-0.3, -0.25) is 9.58 Å². The molecule has 1 aliphatic heterocycles. The standard InChI is InChI=1S/C14H24ClN3O/c1-4-13-12(14(15)17(3)16-13)9-18-7-5-11(6-8-18)10(2)19/h10-11,19H,4-9H2,1-3H3. The molecule has 19 heavy (non-hydrogen) atoms. The molecule has 1 atom stereocenters. The van der Waals surface area contributed by atoms with Crippen molar-refractivity contribution in [1.29, 1.82) is 0 Å². The van der Waals surface area contributed by atoms with Crippen LogP contribution in [0, 0.1) is 5.92 Å². The van der Waals surface area contributed by atoms with Crippen LogP contribution < -0.4 is 0 Å². The molecule has 0 bridgehead atoms. The van der Waals surface area contributed by atoms with Crippen molar-refractivity contribution in [3.63, 3.8) is 0 Å². The smallest absolute Gasteiger partial charge is 0.131 e. The summed E-state index contributed by atoms with van der Waals surface area (Å²) in [5.74, 6) is 0.450. The van der Waals surface area contributed by atoms with E-state index >= 15 is 0 Å². The van der Waals surface area contributed by atoms with Crippen molar-refractivity contribution in [1.82, 2.24) is 14.7 Å². The Labute approximate surface area is 120 Å². The van der Waals surface area contributed by atoms with E-state index in [0.717, 1.165) is 49.7 Å². The van der Waals surface area contributed by atoms with Gasteiger partial charge in [0.1, 0.15) is 5.15 Å². The lowest BCUT2D eigenvalue weighted by atomic mass is 9.92. The van der Waals surface area contributed by atoms with Crippen LogP contribution in [-0.2, 0) is 20.0 Å². The first-order chi connectivity index (χ1) is 9.02. The lowest BCUT2D eigenvalue weighted by Gasteiger charge is -2.33. The van der Waals surface area contributed by atoms with Crippen LogP contribution in [0.15, 0.2) is 0 Å². The Bertz CT molecular complexity index is 423. The number of hydrogen-bond acceptors (Lipinski definition) is 3. The summed E-state index contributed by atoms with van der Waals surface area (Å²) in [5.41, 5.74) is 2.27. The first-order valence-electron chi connectivity index (χ1n) is 7.13. The second-order valence-electron chi connectivity index (χ2n) is 5.55. The van der Waals surface area contributed by atoms with Gasteiger partial charge in [0.2, 0.25) is 0 Å². The predicted octanol–water partition coefficient (Wildman–Crippen LogP) is 2.23. The SMILES string of the molecule is CCc1nn(C)c(Cl)c1CN1CCC(C(C)O)CC1. The van der Waals surface area contributed by atoms with Gasteiger partial charge < -0.3 is 5.11 Å². The van der Waals surface area contributed by atoms with Gasteiger partial charge in [0.05, 0.1) is 11.8 Å². The number of aryl methyl sites for hydroxylation is 2. The molecule has 4 nitrogen and oxygen atoms in total. The van der Waals surface area contributed by atoms with Gasteiger partial charge in [-0.05, 0) is 45.2 Å². The molecule has 108 valence electrons. The summed E-state index contributed by atoms with van der Waals surface area (Å²) in [6.07, 6.45) is 2.86. The fourth-order valence-corrected chi connectivity index (χ4v) is 3.06. The topological polar surface area (TPSA) is 41.3 Å². The van der Waals surface area contributed by atoms with E-state index in [1.807, 2.05) is 14.0 Å². The Hall–Kier alpha value is -0.580. The fraction of sp³-hybridized carbons (Fsp3) is 0.786. The molecule has 1 N–H and O–H groups in total. The average molecular weight is 286 g/mol. The molecule has 2 rings (SSSR count). The van der Waals surface area contributed by atoms with Crippen LogP contribution in [0.2, 0.25) is 5.15 Å². The quantitative estimate of drug-likeness (QED) is 0.922. The molecule has 1 aliphatic rings. The monoisotopic (exact) mass is 285 g/mol. The number of nitrogens with zero attached hydrogens (tertiary/aromatic N) is 3. The summed E-state index contributed by atoms with van der Waals surface area (Å²) in [6.45, 7) is 6.95. The van der Waals surface area contributed by atoms with Gasteiger partial charge in [0, 0.05) is 19.2 Å². The van der Waals surface area contributed by atoms with Crippen LogP contribution in [0.1, 0.15) is 37.9 Å². The van der Waals surface area contributed by atoms with Gasteiger partial charge in [-0.25, -0.2) is 0 Å². The van der Waals surface area contributed by atoms with Crippen LogP contribution in [0.3, 0.4) is 0 Å². The first kappa shape index (κ1) is 14.8. The van der Waals surface area contributed by atoms with E-state index < -0.39 is 0 Å². The molecule has 2 heterocycles. The van der Waals surface area contributed by atoms with Gasteiger partial charge in [-0.15, -0.1) is 0 Å². The molecular weight excluding hydrogens is 262 g/mol. The average Bonchev–Trinajstić information content (AvgIpc) is 2.67. The number of hydrogen-bond donors (Lipinski definition) is 1. The molecule has 1 unspecified atom stereocenters. The number of rotatable bonds is 4. The van der Waals surface area contributed by atoms with Gasteiger partial charge >= 0.3 is 0 Å². The number of aromatic nitrogens is 2. The highest BCUT2D eigenvalue weighted by Gasteiger charge is 2.24. The summed E-state index contributed by atoms with van der Waals surface area (Å²) in [7, 11) is 1.89. The summed E-state index contributed by atoms with van der Waals surface area (Å²) in [4.78, 5) is 2.42. The lowest BCUT2D eigenvalue weighted by molar-refractivity contribution is 0.0694. The van der Waals surface area contributed by atoms with Crippen LogP contribution in [0.4, 0.5) is 0 Å². The third kappa shape index (κ3) is 3.30. The van der Waals surface area contributed by atoms with E-state index in [1.54, 1.807) is 4.68 Å².